The maximum Gasteiger partial charge on any atom is 0.321 e. The van der Waals surface area contributed by atoms with Gasteiger partial charge in [0.05, 0.1) is 19.3 Å². The van der Waals surface area contributed by atoms with Gasteiger partial charge in [0.1, 0.15) is 12.1 Å². The van der Waals surface area contributed by atoms with Crippen LogP contribution in [0.5, 0.6) is 0 Å². The molecule has 10 nitrogen and oxygen atoms in total. The number of amides is 3. The van der Waals surface area contributed by atoms with E-state index in [0.717, 1.165) is 41.8 Å². The van der Waals surface area contributed by atoms with Crippen LogP contribution in [0.1, 0.15) is 52.5 Å². The van der Waals surface area contributed by atoms with E-state index in [-0.39, 0.29) is 24.6 Å². The molecule has 4 aliphatic rings. The molecule has 1 heterocycles. The smallest absolute Gasteiger partial charge is 0.321 e. The number of aliphatic hydroxyl groups excluding tert-OH is 2. The molecule has 258 valence electrons. The Hall–Kier alpha value is -3.02. The maximum absolute atomic E-state index is 14.0. The number of rotatable bonds is 12. The van der Waals surface area contributed by atoms with Gasteiger partial charge in [-0.2, -0.15) is 5.06 Å². The number of carbonyl (C=O) groups is 2. The summed E-state index contributed by atoms with van der Waals surface area (Å²) in [4.78, 5) is 36.6. The minimum Gasteiger partial charge on any atom is -0.394 e. The quantitative estimate of drug-likeness (QED) is 0.269. The van der Waals surface area contributed by atoms with E-state index < -0.39 is 24.2 Å². The molecule has 4 fully saturated rings. The molecule has 2 bridgehead atoms. The molecular formula is C37H55N5O5. The van der Waals surface area contributed by atoms with E-state index in [0.29, 0.717) is 36.3 Å². The molecular weight excluding hydrogens is 594 g/mol. The van der Waals surface area contributed by atoms with E-state index in [4.69, 9.17) is 4.84 Å². The summed E-state index contributed by atoms with van der Waals surface area (Å²) in [6.07, 6.45) is 1.57. The zero-order valence-corrected chi connectivity index (χ0v) is 29.1. The van der Waals surface area contributed by atoms with Crippen LogP contribution in [0, 0.1) is 29.1 Å². The maximum atomic E-state index is 14.0. The largest absolute Gasteiger partial charge is 0.394 e. The monoisotopic (exact) mass is 649 g/mol. The summed E-state index contributed by atoms with van der Waals surface area (Å²) in [6, 6.07) is 15.0. The molecule has 1 aliphatic heterocycles. The van der Waals surface area contributed by atoms with E-state index in [2.05, 4.69) is 42.4 Å². The average molecular weight is 650 g/mol. The number of aliphatic hydroxyl groups is 2. The van der Waals surface area contributed by atoms with Crippen molar-refractivity contribution in [2.75, 3.05) is 46.2 Å². The minimum atomic E-state index is -0.841. The summed E-state index contributed by atoms with van der Waals surface area (Å²) in [5.41, 5.74) is 3.96. The SMILES string of the molecule is C[C@@H]1C(NC(=O)[C@@H]2[C@H]([C@H](C)O)[C@H](CO)ON2Cc2cccc(-c3ccc(NC(=O)N(C)CCCN(C)C)cc3)c2)C[C@@H]2CC1C2(C)C. The third kappa shape index (κ3) is 7.67. The lowest BCUT2D eigenvalue weighted by atomic mass is 9.45. The van der Waals surface area contributed by atoms with Gasteiger partial charge in [-0.25, -0.2) is 4.79 Å². The number of hydrogen-bond donors (Lipinski definition) is 4. The van der Waals surface area contributed by atoms with Gasteiger partial charge < -0.3 is 30.6 Å². The Morgan fingerprint density at radius 2 is 1.79 bits per heavy atom. The van der Waals surface area contributed by atoms with E-state index >= 15 is 0 Å². The van der Waals surface area contributed by atoms with Crippen LogP contribution < -0.4 is 10.6 Å². The van der Waals surface area contributed by atoms with Crippen molar-refractivity contribution < 1.29 is 24.6 Å². The van der Waals surface area contributed by atoms with Gasteiger partial charge in [-0.1, -0.05) is 51.1 Å². The molecule has 2 aromatic carbocycles. The molecule has 0 radical (unpaired) electrons. The zero-order chi connectivity index (χ0) is 34.0. The predicted octanol–water partition coefficient (Wildman–Crippen LogP) is 4.43. The Bertz CT molecular complexity index is 1380. The molecule has 2 unspecified atom stereocenters. The topological polar surface area (TPSA) is 118 Å². The van der Waals surface area contributed by atoms with Crippen LogP contribution in [0.2, 0.25) is 0 Å². The lowest BCUT2D eigenvalue weighted by Crippen LogP contribution is -2.62. The first-order valence-electron chi connectivity index (χ1n) is 17.2. The summed E-state index contributed by atoms with van der Waals surface area (Å²) in [5.74, 6) is 0.851. The van der Waals surface area contributed by atoms with Gasteiger partial charge in [-0.05, 0) is 105 Å². The molecule has 3 aliphatic carbocycles. The Morgan fingerprint density at radius 3 is 2.40 bits per heavy atom. The lowest BCUT2D eigenvalue weighted by molar-refractivity contribution is -0.183. The van der Waals surface area contributed by atoms with Crippen molar-refractivity contribution in [1.82, 2.24) is 20.2 Å². The van der Waals surface area contributed by atoms with Crippen molar-refractivity contribution in [2.24, 2.45) is 29.1 Å². The number of nitrogens with zero attached hydrogens (tertiary/aromatic N) is 3. The number of urea groups is 1. The van der Waals surface area contributed by atoms with Gasteiger partial charge in [0.2, 0.25) is 5.91 Å². The van der Waals surface area contributed by atoms with Crippen molar-refractivity contribution in [3.63, 3.8) is 0 Å². The molecule has 2 aromatic rings. The third-order valence-electron chi connectivity index (χ3n) is 11.2. The fraction of sp³-hybridized carbons (Fsp3) is 0.622. The van der Waals surface area contributed by atoms with E-state index in [1.165, 1.54) is 6.42 Å². The first kappa shape index (κ1) is 35.3. The second kappa shape index (κ2) is 14.6. The number of fused-ring (bicyclic) bond motifs is 2. The summed E-state index contributed by atoms with van der Waals surface area (Å²) in [7, 11) is 5.84. The Morgan fingerprint density at radius 1 is 1.06 bits per heavy atom. The van der Waals surface area contributed by atoms with Crippen molar-refractivity contribution in [3.05, 3.63) is 54.1 Å². The first-order chi connectivity index (χ1) is 22.3. The molecule has 10 heteroatoms. The Balaban J connectivity index is 1.26. The van der Waals surface area contributed by atoms with Crippen LogP contribution in [-0.4, -0.2) is 102 Å². The van der Waals surface area contributed by atoms with Gasteiger partial charge in [0.15, 0.2) is 0 Å². The Kier molecular flexibility index (Phi) is 11.0. The summed E-state index contributed by atoms with van der Waals surface area (Å²) in [5, 5.41) is 28.9. The lowest BCUT2D eigenvalue weighted by Gasteiger charge is -2.62. The molecule has 3 amide bonds. The van der Waals surface area contributed by atoms with Crippen LogP contribution in [-0.2, 0) is 16.2 Å². The summed E-state index contributed by atoms with van der Waals surface area (Å²) in [6.45, 7) is 10.2. The molecule has 47 heavy (non-hydrogen) atoms. The van der Waals surface area contributed by atoms with Crippen molar-refractivity contribution in [3.8, 4) is 11.1 Å². The zero-order valence-electron chi connectivity index (χ0n) is 29.1. The van der Waals surface area contributed by atoms with Gasteiger partial charge in [0, 0.05) is 31.2 Å². The number of carbonyl (C=O) groups excluding carboxylic acids is 2. The normalized spacial score (nSPS) is 28.9. The molecule has 0 aromatic heterocycles. The third-order valence-corrected chi connectivity index (χ3v) is 11.2. The first-order valence-corrected chi connectivity index (χ1v) is 17.2. The van der Waals surface area contributed by atoms with Gasteiger partial charge in [-0.3, -0.25) is 9.63 Å². The van der Waals surface area contributed by atoms with Crippen LogP contribution in [0.25, 0.3) is 11.1 Å². The van der Waals surface area contributed by atoms with Crippen LogP contribution in [0.15, 0.2) is 48.5 Å². The molecule has 3 saturated carbocycles. The fourth-order valence-corrected chi connectivity index (χ4v) is 8.20. The van der Waals surface area contributed by atoms with Crippen molar-refractivity contribution in [2.45, 2.75) is 77.8 Å². The second-order valence-corrected chi connectivity index (χ2v) is 15.0. The summed E-state index contributed by atoms with van der Waals surface area (Å²) >= 11 is 0. The molecule has 6 rings (SSSR count). The highest BCUT2D eigenvalue weighted by Crippen LogP contribution is 2.61. The van der Waals surface area contributed by atoms with Gasteiger partial charge >= 0.3 is 6.03 Å². The molecule has 4 N–H and O–H groups in total. The number of anilines is 1. The van der Waals surface area contributed by atoms with Crippen LogP contribution in [0.3, 0.4) is 0 Å². The highest BCUT2D eigenvalue weighted by molar-refractivity contribution is 5.89. The molecule has 8 atom stereocenters. The van der Waals surface area contributed by atoms with Crippen molar-refractivity contribution >= 4 is 17.6 Å². The highest BCUT2D eigenvalue weighted by Gasteiger charge is 2.57. The molecule has 1 saturated heterocycles. The number of benzene rings is 2. The Labute approximate surface area is 280 Å². The van der Waals surface area contributed by atoms with Crippen LogP contribution >= 0.6 is 0 Å². The second-order valence-electron chi connectivity index (χ2n) is 15.0. The number of hydrogen-bond acceptors (Lipinski definition) is 7. The number of hydroxylamine groups is 2. The van der Waals surface area contributed by atoms with E-state index in [1.54, 1.807) is 23.9 Å². The minimum absolute atomic E-state index is 0.0866. The average Bonchev–Trinajstić information content (AvgIpc) is 3.40. The van der Waals surface area contributed by atoms with Crippen molar-refractivity contribution in [1.29, 1.82) is 0 Å². The molecule has 0 spiro atoms. The number of nitrogens with one attached hydrogen (secondary N) is 2. The van der Waals surface area contributed by atoms with E-state index in [9.17, 15) is 19.8 Å². The fourth-order valence-electron chi connectivity index (χ4n) is 8.20. The van der Waals surface area contributed by atoms with Crippen LogP contribution in [0.4, 0.5) is 10.5 Å². The standard InChI is InChI=1S/C37H55N5O5/c1-23-30-19-28(37(30,3)4)20-31(23)39-35(45)34-33(24(2)44)32(22-43)47-42(34)21-25-10-8-11-27(18-25)26-12-14-29(15-13-26)38-36(46)41(7)17-9-16-40(5)6/h8,10-15,18,23-24,28,30-34,43-44H,9,16-17,19-22H2,1-7H3,(H,38,46)(H,39,45)/t23-,24-,28-,30?,31?,32-,33+,34-/m0/s1. The summed E-state index contributed by atoms with van der Waals surface area (Å²) < 4.78 is 0. The van der Waals surface area contributed by atoms with Gasteiger partial charge in [0.25, 0.3) is 0 Å². The predicted molar refractivity (Wildman–Crippen MR) is 184 cm³/mol. The van der Waals surface area contributed by atoms with Gasteiger partial charge in [-0.15, -0.1) is 0 Å². The highest BCUT2D eigenvalue weighted by atomic mass is 16.7. The van der Waals surface area contributed by atoms with E-state index in [1.807, 2.05) is 56.6 Å².